The van der Waals surface area contributed by atoms with E-state index in [2.05, 4.69) is 5.32 Å². The number of ether oxygens (including phenoxy) is 4. The van der Waals surface area contributed by atoms with Crippen molar-refractivity contribution in [2.45, 2.75) is 19.6 Å². The predicted octanol–water partition coefficient (Wildman–Crippen LogP) is 2.57. The molecule has 2 rings (SSSR count). The molecule has 2 aromatic rings. The molecule has 7 heteroatoms. The fourth-order valence-electron chi connectivity index (χ4n) is 2.43. The first kappa shape index (κ1) is 20.1. The van der Waals surface area contributed by atoms with Crippen LogP contribution in [0.4, 0.5) is 0 Å². The van der Waals surface area contributed by atoms with Crippen molar-refractivity contribution in [1.82, 2.24) is 5.32 Å². The lowest BCUT2D eigenvalue weighted by Gasteiger charge is -2.17. The Hall–Kier alpha value is -3.22. The van der Waals surface area contributed by atoms with Crippen molar-refractivity contribution in [2.24, 2.45) is 0 Å². The summed E-state index contributed by atoms with van der Waals surface area (Å²) in [4.78, 5) is 24.3. The number of rotatable bonds is 8. The molecule has 0 bridgehead atoms. The first-order chi connectivity index (χ1) is 13.0. The Balaban J connectivity index is 2.06. The van der Waals surface area contributed by atoms with Crippen LogP contribution in [0.25, 0.3) is 0 Å². The largest absolute Gasteiger partial charge is 0.497 e. The van der Waals surface area contributed by atoms with Crippen LogP contribution < -0.4 is 19.5 Å². The van der Waals surface area contributed by atoms with Gasteiger partial charge in [0, 0.05) is 12.1 Å². The Bertz CT molecular complexity index is 805. The number of hydrogen-bond donors (Lipinski definition) is 1. The molecular weight excluding hydrogens is 350 g/mol. The van der Waals surface area contributed by atoms with Crippen molar-refractivity contribution < 1.29 is 28.5 Å². The van der Waals surface area contributed by atoms with Crippen molar-refractivity contribution >= 4 is 11.9 Å². The summed E-state index contributed by atoms with van der Waals surface area (Å²) < 4.78 is 20.8. The van der Waals surface area contributed by atoms with Crippen LogP contribution in [-0.2, 0) is 16.1 Å². The molecule has 0 radical (unpaired) electrons. The highest BCUT2D eigenvalue weighted by Crippen LogP contribution is 2.26. The maximum Gasteiger partial charge on any atom is 0.341 e. The Labute approximate surface area is 158 Å². The summed E-state index contributed by atoms with van der Waals surface area (Å²) in [5, 5.41) is 2.79. The van der Waals surface area contributed by atoms with Crippen LogP contribution in [0, 0.1) is 0 Å². The molecule has 0 aliphatic heterocycles. The highest BCUT2D eigenvalue weighted by Gasteiger charge is 2.20. The molecule has 27 heavy (non-hydrogen) atoms. The summed E-state index contributed by atoms with van der Waals surface area (Å²) in [6.45, 7) is 1.89. The van der Waals surface area contributed by atoms with Crippen LogP contribution >= 0.6 is 0 Å². The van der Waals surface area contributed by atoms with Gasteiger partial charge in [0.2, 0.25) is 0 Å². The molecular formula is C20H23NO6. The van der Waals surface area contributed by atoms with Crippen LogP contribution in [0.1, 0.15) is 22.8 Å². The van der Waals surface area contributed by atoms with Crippen LogP contribution in [0.3, 0.4) is 0 Å². The van der Waals surface area contributed by atoms with Crippen molar-refractivity contribution in [1.29, 1.82) is 0 Å². The molecule has 0 aromatic heterocycles. The van der Waals surface area contributed by atoms with Crippen LogP contribution in [0.2, 0.25) is 0 Å². The average molecular weight is 373 g/mol. The fourth-order valence-corrected chi connectivity index (χ4v) is 2.43. The maximum absolute atomic E-state index is 12.4. The van der Waals surface area contributed by atoms with Gasteiger partial charge >= 0.3 is 5.97 Å². The van der Waals surface area contributed by atoms with Crippen molar-refractivity contribution in [3.8, 4) is 17.2 Å². The molecule has 0 aliphatic rings. The van der Waals surface area contributed by atoms with Crippen molar-refractivity contribution in [3.63, 3.8) is 0 Å². The predicted molar refractivity (Wildman–Crippen MR) is 99.3 cm³/mol. The van der Waals surface area contributed by atoms with Gasteiger partial charge in [0.05, 0.1) is 21.3 Å². The van der Waals surface area contributed by atoms with E-state index in [-0.39, 0.29) is 17.2 Å². The Morgan fingerprint density at radius 1 is 1.00 bits per heavy atom. The first-order valence-electron chi connectivity index (χ1n) is 8.32. The monoisotopic (exact) mass is 373 g/mol. The number of hydrogen-bond acceptors (Lipinski definition) is 6. The summed E-state index contributed by atoms with van der Waals surface area (Å²) in [6.07, 6.45) is -0.823. The molecule has 7 nitrogen and oxygen atoms in total. The molecule has 0 unspecified atom stereocenters. The van der Waals surface area contributed by atoms with Gasteiger partial charge in [-0.25, -0.2) is 4.79 Å². The van der Waals surface area contributed by atoms with E-state index >= 15 is 0 Å². The van der Waals surface area contributed by atoms with Crippen LogP contribution in [0.5, 0.6) is 17.2 Å². The van der Waals surface area contributed by atoms with Gasteiger partial charge in [0.15, 0.2) is 6.10 Å². The van der Waals surface area contributed by atoms with Gasteiger partial charge in [-0.05, 0) is 31.2 Å². The lowest BCUT2D eigenvalue weighted by molar-refractivity contribution is -0.127. The molecule has 0 saturated heterocycles. The third-order valence-electron chi connectivity index (χ3n) is 3.91. The number of amides is 1. The van der Waals surface area contributed by atoms with Gasteiger partial charge in [0.1, 0.15) is 22.8 Å². The second-order valence-corrected chi connectivity index (χ2v) is 5.64. The molecule has 1 amide bonds. The Morgan fingerprint density at radius 2 is 1.74 bits per heavy atom. The van der Waals surface area contributed by atoms with Gasteiger partial charge < -0.3 is 24.3 Å². The number of carbonyl (C=O) groups is 2. The molecule has 144 valence electrons. The zero-order valence-corrected chi connectivity index (χ0v) is 15.8. The van der Waals surface area contributed by atoms with E-state index in [0.717, 1.165) is 5.56 Å². The van der Waals surface area contributed by atoms with E-state index in [1.807, 2.05) is 24.3 Å². The average Bonchev–Trinajstić information content (AvgIpc) is 2.71. The lowest BCUT2D eigenvalue weighted by Crippen LogP contribution is -2.36. The highest BCUT2D eigenvalue weighted by molar-refractivity contribution is 5.93. The second-order valence-electron chi connectivity index (χ2n) is 5.64. The number of nitrogens with one attached hydrogen (secondary N) is 1. The molecule has 2 aromatic carbocycles. The maximum atomic E-state index is 12.4. The second kappa shape index (κ2) is 9.47. The minimum absolute atomic E-state index is 0.182. The van der Waals surface area contributed by atoms with E-state index < -0.39 is 12.1 Å². The quantitative estimate of drug-likeness (QED) is 0.716. The number of carbonyl (C=O) groups excluding carboxylic acids is 2. The number of esters is 1. The Kier molecular flexibility index (Phi) is 7.05. The summed E-state index contributed by atoms with van der Waals surface area (Å²) in [7, 11) is 4.34. The van der Waals surface area contributed by atoms with E-state index in [9.17, 15) is 9.59 Å². The minimum Gasteiger partial charge on any atom is -0.497 e. The van der Waals surface area contributed by atoms with Crippen LogP contribution in [-0.4, -0.2) is 39.3 Å². The van der Waals surface area contributed by atoms with Gasteiger partial charge in [-0.3, -0.25) is 4.79 Å². The first-order valence-corrected chi connectivity index (χ1v) is 8.32. The zero-order chi connectivity index (χ0) is 19.8. The molecule has 0 saturated carbocycles. The van der Waals surface area contributed by atoms with Crippen LogP contribution in [0.15, 0.2) is 42.5 Å². The normalized spacial score (nSPS) is 11.3. The van der Waals surface area contributed by atoms with Gasteiger partial charge in [-0.2, -0.15) is 0 Å². The molecule has 1 N–H and O–H groups in total. The Morgan fingerprint density at radius 3 is 2.41 bits per heavy atom. The van der Waals surface area contributed by atoms with Gasteiger partial charge in [-0.15, -0.1) is 0 Å². The van der Waals surface area contributed by atoms with E-state index in [1.165, 1.54) is 20.3 Å². The topological polar surface area (TPSA) is 83.1 Å². The van der Waals surface area contributed by atoms with Crippen molar-refractivity contribution in [3.05, 3.63) is 53.6 Å². The van der Waals surface area contributed by atoms with Gasteiger partial charge in [0.25, 0.3) is 5.91 Å². The molecule has 0 fully saturated rings. The number of para-hydroxylation sites is 1. The molecule has 0 heterocycles. The third kappa shape index (κ3) is 5.13. The van der Waals surface area contributed by atoms with Crippen molar-refractivity contribution in [2.75, 3.05) is 21.3 Å². The zero-order valence-electron chi connectivity index (χ0n) is 15.8. The fraction of sp³-hybridized carbons (Fsp3) is 0.300. The number of benzene rings is 2. The smallest absolute Gasteiger partial charge is 0.341 e. The lowest BCUT2D eigenvalue weighted by atomic mass is 10.2. The van der Waals surface area contributed by atoms with Gasteiger partial charge in [-0.1, -0.05) is 18.2 Å². The molecule has 0 spiro atoms. The summed E-state index contributed by atoms with van der Waals surface area (Å²) in [6, 6.07) is 12.1. The van der Waals surface area contributed by atoms with E-state index in [0.29, 0.717) is 18.0 Å². The summed E-state index contributed by atoms with van der Waals surface area (Å²) in [5.74, 6) is 0.506. The highest BCUT2D eigenvalue weighted by atomic mass is 16.5. The standard InChI is InChI=1S/C20H23NO6/c1-13(19(22)21-12-14-7-5-6-8-17(14)25-3)27-18-10-9-15(24-2)11-16(18)20(23)26-4/h5-11,13H,12H2,1-4H3,(H,21,22)/t13-/m1/s1. The van der Waals surface area contributed by atoms with E-state index in [1.54, 1.807) is 26.2 Å². The third-order valence-corrected chi connectivity index (χ3v) is 3.91. The van der Waals surface area contributed by atoms with E-state index in [4.69, 9.17) is 18.9 Å². The molecule has 0 aliphatic carbocycles. The number of methoxy groups -OCH3 is 3. The SMILES string of the molecule is COC(=O)c1cc(OC)ccc1O[C@H](C)C(=O)NCc1ccccc1OC. The summed E-state index contributed by atoms with van der Waals surface area (Å²) >= 11 is 0. The molecule has 1 atom stereocenters. The summed E-state index contributed by atoms with van der Waals surface area (Å²) in [5.41, 5.74) is 1.03. The minimum atomic E-state index is -0.823.